The summed E-state index contributed by atoms with van der Waals surface area (Å²) in [7, 11) is 0. The molecule has 1 N–H and O–H groups in total. The Labute approximate surface area is 196 Å². The smallest absolute Gasteiger partial charge is 0.410 e. The number of hydrogen-bond donors (Lipinski definition) is 1. The van der Waals surface area contributed by atoms with E-state index in [1.54, 1.807) is 0 Å². The van der Waals surface area contributed by atoms with Crippen LogP contribution in [0.5, 0.6) is 0 Å². The molecule has 1 amide bonds. The lowest BCUT2D eigenvalue weighted by molar-refractivity contribution is 0.0159. The van der Waals surface area contributed by atoms with Gasteiger partial charge in [0.2, 0.25) is 0 Å². The van der Waals surface area contributed by atoms with Gasteiger partial charge in [0.1, 0.15) is 16.9 Å². The molecule has 1 aliphatic heterocycles. The van der Waals surface area contributed by atoms with Crippen molar-refractivity contribution in [3.63, 3.8) is 0 Å². The molecule has 1 aromatic heterocycles. The maximum Gasteiger partial charge on any atom is 0.410 e. The lowest BCUT2D eigenvalue weighted by Crippen LogP contribution is -2.55. The van der Waals surface area contributed by atoms with E-state index in [9.17, 15) is 4.79 Å². The summed E-state index contributed by atoms with van der Waals surface area (Å²) < 4.78 is 5.59. The Balaban J connectivity index is 1.56. The second-order valence-electron chi connectivity index (χ2n) is 11.1. The zero-order chi connectivity index (χ0) is 24.0. The van der Waals surface area contributed by atoms with Crippen LogP contribution in [0.25, 0.3) is 22.4 Å². The van der Waals surface area contributed by atoms with Crippen molar-refractivity contribution in [3.05, 3.63) is 48.0 Å². The summed E-state index contributed by atoms with van der Waals surface area (Å²) in [6.45, 7) is 16.5. The minimum Gasteiger partial charge on any atom is -0.444 e. The summed E-state index contributed by atoms with van der Waals surface area (Å²) in [5.74, 6) is 0.873. The summed E-state index contributed by atoms with van der Waals surface area (Å²) in [6, 6.07) is 14.9. The summed E-state index contributed by atoms with van der Waals surface area (Å²) in [5, 5.41) is 0. The second-order valence-corrected chi connectivity index (χ2v) is 11.1. The van der Waals surface area contributed by atoms with E-state index in [-0.39, 0.29) is 17.6 Å². The van der Waals surface area contributed by atoms with Gasteiger partial charge >= 0.3 is 6.09 Å². The van der Waals surface area contributed by atoms with Crippen LogP contribution in [0.2, 0.25) is 0 Å². The van der Waals surface area contributed by atoms with Gasteiger partial charge in [-0.3, -0.25) is 0 Å². The number of benzene rings is 2. The number of para-hydroxylation sites is 1. The van der Waals surface area contributed by atoms with Crippen LogP contribution in [-0.4, -0.2) is 52.2 Å². The fraction of sp³-hybridized carbons (Fsp3) is 0.481. The largest absolute Gasteiger partial charge is 0.444 e. The molecule has 6 heteroatoms. The van der Waals surface area contributed by atoms with Crippen LogP contribution in [0.1, 0.15) is 54.0 Å². The molecule has 33 heavy (non-hydrogen) atoms. The van der Waals surface area contributed by atoms with Crippen molar-refractivity contribution in [3.8, 4) is 11.4 Å². The van der Waals surface area contributed by atoms with Crippen molar-refractivity contribution in [2.24, 2.45) is 0 Å². The molecule has 176 valence electrons. The van der Waals surface area contributed by atoms with E-state index in [1.165, 1.54) is 5.56 Å². The molecule has 0 bridgehead atoms. The van der Waals surface area contributed by atoms with Crippen molar-refractivity contribution in [1.29, 1.82) is 0 Å². The van der Waals surface area contributed by atoms with Crippen LogP contribution in [0.15, 0.2) is 42.5 Å². The van der Waals surface area contributed by atoms with Crippen LogP contribution in [0, 0.1) is 0 Å². The Morgan fingerprint density at radius 2 is 1.73 bits per heavy atom. The van der Waals surface area contributed by atoms with Gasteiger partial charge in [-0.05, 0) is 50.8 Å². The van der Waals surface area contributed by atoms with Gasteiger partial charge in [0.05, 0.1) is 11.2 Å². The number of aromatic nitrogens is 2. The minimum atomic E-state index is -0.490. The molecule has 3 aromatic rings. The third-order valence-electron chi connectivity index (χ3n) is 6.11. The molecule has 0 unspecified atom stereocenters. The van der Waals surface area contributed by atoms with E-state index in [4.69, 9.17) is 9.72 Å². The first-order valence-electron chi connectivity index (χ1n) is 11.8. The molecule has 1 saturated heterocycles. The van der Waals surface area contributed by atoms with Crippen molar-refractivity contribution in [2.45, 2.75) is 65.5 Å². The Kier molecular flexibility index (Phi) is 5.89. The molecule has 6 nitrogen and oxygen atoms in total. The van der Waals surface area contributed by atoms with Crippen LogP contribution in [-0.2, 0) is 10.2 Å². The van der Waals surface area contributed by atoms with E-state index < -0.39 is 5.60 Å². The maximum atomic E-state index is 12.6. The number of anilines is 1. The number of rotatable bonds is 2. The van der Waals surface area contributed by atoms with Gasteiger partial charge in [-0.25, -0.2) is 9.78 Å². The Hall–Kier alpha value is -3.02. The molecule has 0 aliphatic carbocycles. The minimum absolute atomic E-state index is 0.0483. The molecule has 1 atom stereocenters. The Bertz CT molecular complexity index is 1140. The van der Waals surface area contributed by atoms with Gasteiger partial charge in [0, 0.05) is 31.2 Å². The quantitative estimate of drug-likeness (QED) is 0.524. The predicted octanol–water partition coefficient (Wildman–Crippen LogP) is 5.97. The number of nitrogens with one attached hydrogen (secondary N) is 1. The lowest BCUT2D eigenvalue weighted by atomic mass is 9.87. The SMILES string of the molecule is C[C@H]1CN(c2cccc3[nH]c(-c4ccc(C(C)(C)C)cc4)nc23)CCN1C(=O)OC(C)(C)C. The predicted molar refractivity (Wildman–Crippen MR) is 135 cm³/mol. The summed E-state index contributed by atoms with van der Waals surface area (Å²) >= 11 is 0. The zero-order valence-electron chi connectivity index (χ0n) is 20.9. The average molecular weight is 449 g/mol. The van der Waals surface area contributed by atoms with E-state index in [2.05, 4.69) is 80.0 Å². The van der Waals surface area contributed by atoms with Crippen LogP contribution >= 0.6 is 0 Å². The van der Waals surface area contributed by atoms with Crippen molar-refractivity contribution < 1.29 is 9.53 Å². The molecular weight excluding hydrogens is 412 g/mol. The van der Waals surface area contributed by atoms with Crippen molar-refractivity contribution >= 4 is 22.8 Å². The molecule has 0 saturated carbocycles. The van der Waals surface area contributed by atoms with Gasteiger partial charge in [-0.1, -0.05) is 51.1 Å². The molecule has 1 fully saturated rings. The monoisotopic (exact) mass is 448 g/mol. The molecule has 4 rings (SSSR count). The highest BCUT2D eigenvalue weighted by molar-refractivity contribution is 5.91. The van der Waals surface area contributed by atoms with E-state index in [1.807, 2.05) is 25.7 Å². The fourth-order valence-electron chi connectivity index (χ4n) is 4.31. The molecule has 1 aliphatic rings. The Morgan fingerprint density at radius 3 is 2.33 bits per heavy atom. The molecular formula is C27H36N4O2. The molecule has 0 spiro atoms. The average Bonchev–Trinajstić information content (AvgIpc) is 3.16. The van der Waals surface area contributed by atoms with Gasteiger partial charge in [-0.2, -0.15) is 0 Å². The number of H-pyrrole nitrogens is 1. The number of fused-ring (bicyclic) bond motifs is 1. The number of nitrogens with zero attached hydrogens (tertiary/aromatic N) is 3. The Morgan fingerprint density at radius 1 is 1.03 bits per heavy atom. The van der Waals surface area contributed by atoms with Crippen LogP contribution in [0.3, 0.4) is 0 Å². The van der Waals surface area contributed by atoms with E-state index in [0.717, 1.165) is 41.2 Å². The summed E-state index contributed by atoms with van der Waals surface area (Å²) in [6.07, 6.45) is -0.242. The van der Waals surface area contributed by atoms with E-state index in [0.29, 0.717) is 6.54 Å². The number of imidazole rings is 1. The first-order valence-corrected chi connectivity index (χ1v) is 11.8. The number of aromatic amines is 1. The maximum absolute atomic E-state index is 12.6. The number of carbonyl (C=O) groups excluding carboxylic acids is 1. The summed E-state index contributed by atoms with van der Waals surface area (Å²) in [5.41, 5.74) is 5.09. The topological polar surface area (TPSA) is 61.5 Å². The third-order valence-corrected chi connectivity index (χ3v) is 6.11. The molecule has 2 heterocycles. The van der Waals surface area contributed by atoms with E-state index >= 15 is 0 Å². The zero-order valence-corrected chi connectivity index (χ0v) is 20.9. The standard InChI is InChI=1S/C27H36N4O2/c1-18-17-30(15-16-31(18)25(32)33-27(5,6)7)22-10-8-9-21-23(22)29-24(28-21)19-11-13-20(14-12-19)26(2,3)4/h8-14,18H,15-17H2,1-7H3,(H,28,29)/t18-/m0/s1. The normalized spacial score (nSPS) is 17.5. The highest BCUT2D eigenvalue weighted by Crippen LogP contribution is 2.31. The van der Waals surface area contributed by atoms with Crippen molar-refractivity contribution in [1.82, 2.24) is 14.9 Å². The van der Waals surface area contributed by atoms with Crippen molar-refractivity contribution in [2.75, 3.05) is 24.5 Å². The summed E-state index contributed by atoms with van der Waals surface area (Å²) in [4.78, 5) is 25.2. The number of hydrogen-bond acceptors (Lipinski definition) is 4. The number of carbonyl (C=O) groups is 1. The van der Waals surface area contributed by atoms with Gasteiger partial charge in [0.25, 0.3) is 0 Å². The number of piperazine rings is 1. The number of amides is 1. The lowest BCUT2D eigenvalue weighted by Gasteiger charge is -2.41. The highest BCUT2D eigenvalue weighted by Gasteiger charge is 2.31. The third kappa shape index (κ3) is 5.00. The molecule has 0 radical (unpaired) electrons. The first-order chi connectivity index (χ1) is 15.4. The first kappa shape index (κ1) is 23.1. The van der Waals surface area contributed by atoms with Gasteiger partial charge < -0.3 is 19.5 Å². The number of ether oxygens (including phenoxy) is 1. The highest BCUT2D eigenvalue weighted by atomic mass is 16.6. The fourth-order valence-corrected chi connectivity index (χ4v) is 4.31. The van der Waals surface area contributed by atoms with Gasteiger partial charge in [-0.15, -0.1) is 0 Å². The van der Waals surface area contributed by atoms with Crippen LogP contribution in [0.4, 0.5) is 10.5 Å². The van der Waals surface area contributed by atoms with Gasteiger partial charge in [0.15, 0.2) is 0 Å². The van der Waals surface area contributed by atoms with Crippen LogP contribution < -0.4 is 4.90 Å². The second kappa shape index (κ2) is 8.40. The molecule has 2 aromatic carbocycles.